The Hall–Kier alpha value is 0.480. The van der Waals surface area contributed by atoms with Crippen LogP contribution < -0.4 is 0 Å². The van der Waals surface area contributed by atoms with Gasteiger partial charge in [-0.25, -0.2) is 0 Å². The van der Waals surface area contributed by atoms with Crippen molar-refractivity contribution in [2.75, 3.05) is 26.4 Å². The van der Waals surface area contributed by atoms with E-state index in [2.05, 4.69) is 44.0 Å². The molecule has 1 aromatic carbocycles. The minimum absolute atomic E-state index is 0.174. The second-order valence-corrected chi connectivity index (χ2v) is 12.9. The predicted octanol–water partition coefficient (Wildman–Crippen LogP) is 6.80. The Labute approximate surface area is 190 Å². The Morgan fingerprint density at radius 1 is 0.759 bits per heavy atom. The van der Waals surface area contributed by atoms with Crippen LogP contribution in [0.3, 0.4) is 0 Å². The third kappa shape index (κ3) is 4.80. The van der Waals surface area contributed by atoms with Gasteiger partial charge in [-0.2, -0.15) is 0 Å². The highest BCUT2D eigenvalue weighted by Crippen LogP contribution is 2.81. The monoisotopic (exact) mass is 574 g/mol. The average molecular weight is 576 g/mol. The van der Waals surface area contributed by atoms with Gasteiger partial charge in [-0.3, -0.25) is 9.13 Å². The Balaban J connectivity index is 2.72. The number of alkyl halides is 2. The van der Waals surface area contributed by atoms with Crippen LogP contribution in [-0.2, 0) is 50.7 Å². The van der Waals surface area contributed by atoms with E-state index in [9.17, 15) is 9.13 Å². The number of halogens is 2. The second-order valence-electron chi connectivity index (χ2n) is 6.66. The normalized spacial score (nSPS) is 16.2. The van der Waals surface area contributed by atoms with E-state index in [0.29, 0.717) is 10.7 Å². The fraction of sp³-hybridized carbons (Fsp3) is 0.684. The van der Waals surface area contributed by atoms with Crippen LogP contribution in [0.25, 0.3) is 0 Å². The molecule has 0 aromatic heterocycles. The molecule has 0 saturated heterocycles. The summed E-state index contributed by atoms with van der Waals surface area (Å²) in [5, 5.41) is 1.38. The third-order valence-corrected chi connectivity index (χ3v) is 12.7. The van der Waals surface area contributed by atoms with Gasteiger partial charge in [0.2, 0.25) is 0 Å². The summed E-state index contributed by atoms with van der Waals surface area (Å²) in [5.41, 5.74) is 4.20. The molecule has 0 saturated carbocycles. The van der Waals surface area contributed by atoms with E-state index in [0.717, 1.165) is 22.3 Å². The zero-order valence-electron chi connectivity index (χ0n) is 17.4. The molecule has 1 aromatic rings. The zero-order chi connectivity index (χ0) is 21.7. The summed E-state index contributed by atoms with van der Waals surface area (Å²) in [6, 6.07) is 4.15. The van der Waals surface area contributed by atoms with Gasteiger partial charge in [-0.05, 0) is 49.9 Å². The predicted molar refractivity (Wildman–Crippen MR) is 124 cm³/mol. The van der Waals surface area contributed by atoms with Gasteiger partial charge in [0.25, 0.3) is 0 Å². The van der Waals surface area contributed by atoms with Gasteiger partial charge in [-0.15, -0.1) is 0 Å². The molecule has 0 aliphatic heterocycles. The van der Waals surface area contributed by atoms with Gasteiger partial charge in [-0.1, -0.05) is 44.0 Å². The molecule has 0 atom stereocenters. The van der Waals surface area contributed by atoms with E-state index >= 15 is 0 Å². The van der Waals surface area contributed by atoms with Crippen molar-refractivity contribution in [3.05, 3.63) is 34.4 Å². The van der Waals surface area contributed by atoms with Crippen molar-refractivity contribution in [3.63, 3.8) is 0 Å². The van der Waals surface area contributed by atoms with Crippen molar-refractivity contribution < 1.29 is 27.2 Å². The lowest BCUT2D eigenvalue weighted by Gasteiger charge is -2.39. The molecule has 6 nitrogen and oxygen atoms in total. The van der Waals surface area contributed by atoms with Gasteiger partial charge < -0.3 is 18.1 Å². The van der Waals surface area contributed by atoms with E-state index in [4.69, 9.17) is 18.1 Å². The molecule has 1 aliphatic rings. The number of rotatable bonds is 12. The maximum Gasteiger partial charge on any atom is 0.349 e. The van der Waals surface area contributed by atoms with Crippen LogP contribution >= 0.6 is 47.1 Å². The summed E-state index contributed by atoms with van der Waals surface area (Å²) in [6.45, 7) is 7.69. The highest BCUT2D eigenvalue weighted by atomic mass is 79.9. The standard InChI is InChI=1S/C19H30Br2O6P2/c1-5-24-28(22,25-6-2)19(29(23,26-7-3)27-8-4)11-15-9-17(13-20)18(14-21)10-16(15)12-19/h9-10H,5-8,11-14H2,1-4H3. The minimum atomic E-state index is -3.85. The third-order valence-electron chi connectivity index (χ3n) is 4.97. The first-order chi connectivity index (χ1) is 13.8. The number of hydrogen-bond donors (Lipinski definition) is 0. The first-order valence-corrected chi connectivity index (χ1v) is 15.2. The molecule has 0 unspecified atom stereocenters. The van der Waals surface area contributed by atoms with Crippen molar-refractivity contribution in [3.8, 4) is 0 Å². The number of benzene rings is 1. The summed E-state index contributed by atoms with van der Waals surface area (Å²) in [4.78, 5) is -1.41. The molecule has 0 spiro atoms. The smallest absolute Gasteiger partial charge is 0.308 e. The Kier molecular flexibility index (Phi) is 9.65. The van der Waals surface area contributed by atoms with Crippen LogP contribution in [0.5, 0.6) is 0 Å². The summed E-state index contributed by atoms with van der Waals surface area (Å²) in [5.74, 6) is 0. The molecule has 10 heteroatoms. The van der Waals surface area contributed by atoms with E-state index in [1.165, 1.54) is 0 Å². The van der Waals surface area contributed by atoms with Crippen molar-refractivity contribution in [2.45, 2.75) is 56.1 Å². The van der Waals surface area contributed by atoms with E-state index in [1.807, 2.05) is 0 Å². The molecule has 0 N–H and O–H groups in total. The fourth-order valence-corrected chi connectivity index (χ4v) is 10.7. The minimum Gasteiger partial charge on any atom is -0.308 e. The van der Waals surface area contributed by atoms with Crippen molar-refractivity contribution in [2.24, 2.45) is 0 Å². The molecule has 2 rings (SSSR count). The average Bonchev–Trinajstić information content (AvgIpc) is 3.08. The van der Waals surface area contributed by atoms with Crippen LogP contribution in [0, 0.1) is 0 Å². The first-order valence-electron chi connectivity index (χ1n) is 9.84. The maximum absolute atomic E-state index is 14.1. The lowest BCUT2D eigenvalue weighted by Crippen LogP contribution is -2.34. The fourth-order valence-electron chi connectivity index (χ4n) is 3.81. The summed E-state index contributed by atoms with van der Waals surface area (Å²) < 4.78 is 51.1. The van der Waals surface area contributed by atoms with Crippen LogP contribution in [0.4, 0.5) is 0 Å². The van der Waals surface area contributed by atoms with Gasteiger partial charge >= 0.3 is 15.2 Å². The highest BCUT2D eigenvalue weighted by molar-refractivity contribution is 9.09. The Morgan fingerprint density at radius 3 is 1.31 bits per heavy atom. The lowest BCUT2D eigenvalue weighted by atomic mass is 10.0. The Morgan fingerprint density at radius 2 is 1.07 bits per heavy atom. The SMILES string of the molecule is CCOP(=O)(OCC)C1(P(=O)(OCC)OCC)Cc2cc(CBr)c(CBr)cc2C1. The van der Waals surface area contributed by atoms with Crippen molar-refractivity contribution in [1.29, 1.82) is 0 Å². The summed E-state index contributed by atoms with van der Waals surface area (Å²) >= 11 is 7.07. The molecular weight excluding hydrogens is 546 g/mol. The van der Waals surface area contributed by atoms with Gasteiger partial charge in [0, 0.05) is 23.5 Å². The zero-order valence-corrected chi connectivity index (χ0v) is 22.4. The molecular formula is C19H30Br2O6P2. The van der Waals surface area contributed by atoms with Gasteiger partial charge in [0.1, 0.15) is 0 Å². The van der Waals surface area contributed by atoms with E-state index < -0.39 is 20.1 Å². The number of fused-ring (bicyclic) bond motifs is 1. The van der Waals surface area contributed by atoms with Crippen LogP contribution in [0.15, 0.2) is 12.1 Å². The molecule has 0 bridgehead atoms. The maximum atomic E-state index is 14.1. The topological polar surface area (TPSA) is 71.1 Å². The quantitative estimate of drug-likeness (QED) is 0.201. The molecule has 29 heavy (non-hydrogen) atoms. The van der Waals surface area contributed by atoms with Crippen LogP contribution in [0.1, 0.15) is 49.9 Å². The Bertz CT molecular complexity index is 716. The molecule has 0 radical (unpaired) electrons. The lowest BCUT2D eigenvalue weighted by molar-refractivity contribution is 0.178. The van der Waals surface area contributed by atoms with Crippen molar-refractivity contribution >= 4 is 47.1 Å². The summed E-state index contributed by atoms with van der Waals surface area (Å²) in [7, 11) is -7.69. The van der Waals surface area contributed by atoms with Gasteiger partial charge in [0.05, 0.1) is 26.4 Å². The van der Waals surface area contributed by atoms with Crippen LogP contribution in [-0.4, -0.2) is 31.3 Å². The van der Waals surface area contributed by atoms with Gasteiger partial charge in [0.15, 0.2) is 4.90 Å². The van der Waals surface area contributed by atoms with E-state index in [-0.39, 0.29) is 39.3 Å². The second kappa shape index (κ2) is 10.9. The molecule has 1 aliphatic carbocycles. The highest BCUT2D eigenvalue weighted by Gasteiger charge is 2.67. The van der Waals surface area contributed by atoms with E-state index in [1.54, 1.807) is 27.7 Å². The van der Waals surface area contributed by atoms with Crippen LogP contribution in [0.2, 0.25) is 0 Å². The molecule has 0 fully saturated rings. The number of hydrogen-bond acceptors (Lipinski definition) is 6. The molecule has 0 heterocycles. The molecule has 166 valence electrons. The van der Waals surface area contributed by atoms with Crippen molar-refractivity contribution in [1.82, 2.24) is 0 Å². The largest absolute Gasteiger partial charge is 0.349 e. The first kappa shape index (κ1) is 25.7. The summed E-state index contributed by atoms with van der Waals surface area (Å²) in [6.07, 6.45) is 0.499. The molecule has 0 amide bonds.